The van der Waals surface area contributed by atoms with Crippen molar-refractivity contribution in [3.63, 3.8) is 0 Å². The lowest BCUT2D eigenvalue weighted by Gasteiger charge is -2.11. The van der Waals surface area contributed by atoms with Crippen LogP contribution in [0.4, 0.5) is 0 Å². The van der Waals surface area contributed by atoms with E-state index in [0.29, 0.717) is 19.3 Å². The second kappa shape index (κ2) is 17.8. The van der Waals surface area contributed by atoms with Gasteiger partial charge in [-0.05, 0) is 19.3 Å². The molecule has 0 aromatic heterocycles. The summed E-state index contributed by atoms with van der Waals surface area (Å²) in [7, 11) is 0. The van der Waals surface area contributed by atoms with E-state index in [1.807, 2.05) is 0 Å². The molecule has 0 aliphatic heterocycles. The number of rotatable bonds is 19. The van der Waals surface area contributed by atoms with Gasteiger partial charge in [0, 0.05) is 6.42 Å². The number of aliphatic carboxylic acids is 2. The molecule has 4 heteroatoms. The summed E-state index contributed by atoms with van der Waals surface area (Å²) < 4.78 is 0. The SMILES string of the molecule is CCCCCCCCCCCCCCCC(CCCC(=O)O)C(=O)O. The summed E-state index contributed by atoms with van der Waals surface area (Å²) in [6, 6.07) is 0. The number of carboxylic acid groups (broad SMARTS) is 2. The Hall–Kier alpha value is -1.06. The third-order valence-corrected chi connectivity index (χ3v) is 4.95. The summed E-state index contributed by atoms with van der Waals surface area (Å²) >= 11 is 0. The number of hydrogen-bond donors (Lipinski definition) is 2. The summed E-state index contributed by atoms with van der Waals surface area (Å²) in [5.41, 5.74) is 0. The van der Waals surface area contributed by atoms with Crippen LogP contribution in [0, 0.1) is 5.92 Å². The number of carbonyl (C=O) groups is 2. The molecule has 0 aromatic rings. The number of carboxylic acids is 2. The summed E-state index contributed by atoms with van der Waals surface area (Å²) in [5, 5.41) is 17.8. The summed E-state index contributed by atoms with van der Waals surface area (Å²) in [6.45, 7) is 2.25. The topological polar surface area (TPSA) is 74.6 Å². The van der Waals surface area contributed by atoms with Crippen LogP contribution < -0.4 is 0 Å². The van der Waals surface area contributed by atoms with E-state index in [4.69, 9.17) is 5.11 Å². The Morgan fingerprint density at radius 3 is 1.44 bits per heavy atom. The maximum absolute atomic E-state index is 11.2. The van der Waals surface area contributed by atoms with Crippen LogP contribution in [0.2, 0.25) is 0 Å². The molecule has 0 spiro atoms. The molecular weight excluding hydrogens is 316 g/mol. The summed E-state index contributed by atoms with van der Waals surface area (Å²) in [4.78, 5) is 21.7. The molecule has 1 atom stereocenters. The van der Waals surface area contributed by atoms with Gasteiger partial charge in [-0.15, -0.1) is 0 Å². The Labute approximate surface area is 154 Å². The van der Waals surface area contributed by atoms with Crippen molar-refractivity contribution in [3.8, 4) is 0 Å². The highest BCUT2D eigenvalue weighted by atomic mass is 16.4. The maximum atomic E-state index is 11.2. The molecule has 0 rings (SSSR count). The zero-order chi connectivity index (χ0) is 18.8. The van der Waals surface area contributed by atoms with Gasteiger partial charge in [0.2, 0.25) is 0 Å². The van der Waals surface area contributed by atoms with Crippen LogP contribution in [0.1, 0.15) is 116 Å². The quantitative estimate of drug-likeness (QED) is 0.262. The zero-order valence-electron chi connectivity index (χ0n) is 16.3. The molecule has 2 N–H and O–H groups in total. The first-order valence-electron chi connectivity index (χ1n) is 10.5. The van der Waals surface area contributed by atoms with Crippen LogP contribution in [-0.4, -0.2) is 22.2 Å². The van der Waals surface area contributed by atoms with Gasteiger partial charge in [-0.3, -0.25) is 9.59 Å². The van der Waals surface area contributed by atoms with Gasteiger partial charge in [0.05, 0.1) is 5.92 Å². The first kappa shape index (κ1) is 23.9. The van der Waals surface area contributed by atoms with Gasteiger partial charge in [-0.2, -0.15) is 0 Å². The molecular formula is C21H40O4. The third kappa shape index (κ3) is 17.6. The average molecular weight is 357 g/mol. The van der Waals surface area contributed by atoms with Crippen molar-refractivity contribution in [1.82, 2.24) is 0 Å². The van der Waals surface area contributed by atoms with Crippen molar-refractivity contribution < 1.29 is 19.8 Å². The van der Waals surface area contributed by atoms with E-state index in [1.165, 1.54) is 70.6 Å². The van der Waals surface area contributed by atoms with E-state index in [2.05, 4.69) is 6.92 Å². The highest BCUT2D eigenvalue weighted by Gasteiger charge is 2.16. The largest absolute Gasteiger partial charge is 0.481 e. The first-order chi connectivity index (χ1) is 12.1. The molecule has 0 saturated carbocycles. The molecule has 0 aliphatic carbocycles. The van der Waals surface area contributed by atoms with E-state index in [1.54, 1.807) is 0 Å². The minimum atomic E-state index is -0.843. The van der Waals surface area contributed by atoms with Gasteiger partial charge in [0.25, 0.3) is 0 Å². The second-order valence-electron chi connectivity index (χ2n) is 7.35. The second-order valence-corrected chi connectivity index (χ2v) is 7.35. The number of hydrogen-bond acceptors (Lipinski definition) is 2. The average Bonchev–Trinajstić information content (AvgIpc) is 2.56. The van der Waals surface area contributed by atoms with Gasteiger partial charge in [0.1, 0.15) is 0 Å². The fraction of sp³-hybridized carbons (Fsp3) is 0.905. The van der Waals surface area contributed by atoms with Crippen molar-refractivity contribution in [2.45, 2.75) is 116 Å². The predicted molar refractivity (Wildman–Crippen MR) is 103 cm³/mol. The highest BCUT2D eigenvalue weighted by Crippen LogP contribution is 2.18. The molecule has 1 unspecified atom stereocenters. The van der Waals surface area contributed by atoms with Crippen molar-refractivity contribution in [2.24, 2.45) is 5.92 Å². The fourth-order valence-corrected chi connectivity index (χ4v) is 3.30. The molecule has 4 nitrogen and oxygen atoms in total. The Balaban J connectivity index is 3.39. The van der Waals surface area contributed by atoms with Crippen molar-refractivity contribution >= 4 is 11.9 Å². The van der Waals surface area contributed by atoms with Gasteiger partial charge in [-0.1, -0.05) is 90.4 Å². The highest BCUT2D eigenvalue weighted by molar-refractivity contribution is 5.70. The lowest BCUT2D eigenvalue weighted by Crippen LogP contribution is -2.14. The number of unbranched alkanes of at least 4 members (excludes halogenated alkanes) is 12. The normalized spacial score (nSPS) is 12.2. The molecule has 0 saturated heterocycles. The Kier molecular flexibility index (Phi) is 17.0. The minimum absolute atomic E-state index is 0.0718. The van der Waals surface area contributed by atoms with Crippen LogP contribution in [-0.2, 0) is 9.59 Å². The molecule has 0 fully saturated rings. The molecule has 0 aromatic carbocycles. The predicted octanol–water partition coefficient (Wildman–Crippen LogP) is 6.42. The van der Waals surface area contributed by atoms with E-state index in [0.717, 1.165) is 12.8 Å². The fourth-order valence-electron chi connectivity index (χ4n) is 3.30. The van der Waals surface area contributed by atoms with Crippen LogP contribution >= 0.6 is 0 Å². The van der Waals surface area contributed by atoms with Gasteiger partial charge >= 0.3 is 11.9 Å². The molecule has 0 bridgehead atoms. The van der Waals surface area contributed by atoms with E-state index < -0.39 is 11.9 Å². The molecule has 0 aliphatic rings. The van der Waals surface area contributed by atoms with Crippen molar-refractivity contribution in [1.29, 1.82) is 0 Å². The Morgan fingerprint density at radius 1 is 0.640 bits per heavy atom. The monoisotopic (exact) mass is 356 g/mol. The summed E-state index contributed by atoms with van der Waals surface area (Å²) in [6.07, 6.45) is 18.4. The van der Waals surface area contributed by atoms with Crippen molar-refractivity contribution in [3.05, 3.63) is 0 Å². The van der Waals surface area contributed by atoms with Gasteiger partial charge in [-0.25, -0.2) is 0 Å². The van der Waals surface area contributed by atoms with Crippen LogP contribution in [0.3, 0.4) is 0 Å². The van der Waals surface area contributed by atoms with Crippen LogP contribution in [0.25, 0.3) is 0 Å². The molecule has 25 heavy (non-hydrogen) atoms. The van der Waals surface area contributed by atoms with Crippen LogP contribution in [0.5, 0.6) is 0 Å². The zero-order valence-corrected chi connectivity index (χ0v) is 16.3. The first-order valence-corrected chi connectivity index (χ1v) is 10.5. The molecule has 148 valence electrons. The van der Waals surface area contributed by atoms with Crippen LogP contribution in [0.15, 0.2) is 0 Å². The van der Waals surface area contributed by atoms with E-state index in [9.17, 15) is 14.7 Å². The molecule has 0 amide bonds. The van der Waals surface area contributed by atoms with E-state index in [-0.39, 0.29) is 12.3 Å². The molecule has 0 radical (unpaired) electrons. The Bertz CT molecular complexity index is 328. The van der Waals surface area contributed by atoms with Gasteiger partial charge in [0.15, 0.2) is 0 Å². The third-order valence-electron chi connectivity index (χ3n) is 4.95. The smallest absolute Gasteiger partial charge is 0.306 e. The maximum Gasteiger partial charge on any atom is 0.306 e. The Morgan fingerprint density at radius 2 is 1.04 bits per heavy atom. The summed E-state index contributed by atoms with van der Waals surface area (Å²) in [5.74, 6) is -1.98. The minimum Gasteiger partial charge on any atom is -0.481 e. The molecule has 0 heterocycles. The van der Waals surface area contributed by atoms with Crippen molar-refractivity contribution in [2.75, 3.05) is 0 Å². The lowest BCUT2D eigenvalue weighted by molar-refractivity contribution is -0.143. The van der Waals surface area contributed by atoms with E-state index >= 15 is 0 Å². The lowest BCUT2D eigenvalue weighted by atomic mass is 9.95. The van der Waals surface area contributed by atoms with Gasteiger partial charge < -0.3 is 10.2 Å². The standard InChI is InChI=1S/C21H40O4/c1-2-3-4-5-6-7-8-9-10-11-12-13-14-16-19(21(24)25)17-15-18-20(22)23/h19H,2-18H2,1H3,(H,22,23)(H,24,25).